The number of hydrogen-bond acceptors (Lipinski definition) is 0. The highest BCUT2D eigenvalue weighted by Crippen LogP contribution is 2.15. The zero-order valence-electron chi connectivity index (χ0n) is 7.36. The Balaban J connectivity index is 3.17. The molecule has 0 N–H and O–H groups in total. The van der Waals surface area contributed by atoms with Gasteiger partial charge in [-0.05, 0) is 18.3 Å². The molecule has 0 radical (unpaired) electrons. The van der Waals surface area contributed by atoms with Crippen molar-refractivity contribution in [2.75, 3.05) is 5.33 Å². The molecule has 62 valence electrons. The molecule has 1 heteroatoms. The Morgan fingerprint density at radius 2 is 1.60 bits per heavy atom. The molecule has 0 saturated heterocycles. The Hall–Kier alpha value is 0.480. The van der Waals surface area contributed by atoms with Crippen LogP contribution in [-0.2, 0) is 0 Å². The number of hydrogen-bond donors (Lipinski definition) is 0. The van der Waals surface area contributed by atoms with Gasteiger partial charge in [-0.1, -0.05) is 49.5 Å². The van der Waals surface area contributed by atoms with Gasteiger partial charge in [0.15, 0.2) is 0 Å². The second kappa shape index (κ2) is 6.21. The van der Waals surface area contributed by atoms with Gasteiger partial charge in [0.05, 0.1) is 0 Å². The van der Waals surface area contributed by atoms with E-state index < -0.39 is 0 Å². The van der Waals surface area contributed by atoms with Gasteiger partial charge in [-0.15, -0.1) is 0 Å². The third-order valence-electron chi connectivity index (χ3n) is 2.11. The Bertz CT molecular complexity index is 61.1. The average Bonchev–Trinajstić information content (AvgIpc) is 1.99. The third-order valence-corrected chi connectivity index (χ3v) is 3.22. The first-order valence-electron chi connectivity index (χ1n) is 4.26. The fourth-order valence-corrected chi connectivity index (χ4v) is 1.17. The number of alkyl halides is 1. The molecule has 0 heterocycles. The van der Waals surface area contributed by atoms with Crippen LogP contribution in [0, 0.1) is 11.8 Å². The second-order valence-electron chi connectivity index (χ2n) is 3.35. The van der Waals surface area contributed by atoms with E-state index in [0.717, 1.165) is 17.2 Å². The minimum absolute atomic E-state index is 0.856. The zero-order valence-corrected chi connectivity index (χ0v) is 8.95. The van der Waals surface area contributed by atoms with Crippen molar-refractivity contribution >= 4 is 15.9 Å². The smallest absolute Gasteiger partial charge is 0.00570 e. The second-order valence-corrected chi connectivity index (χ2v) is 4.00. The maximum atomic E-state index is 3.49. The van der Waals surface area contributed by atoms with Crippen molar-refractivity contribution in [1.82, 2.24) is 0 Å². The van der Waals surface area contributed by atoms with Gasteiger partial charge in [-0.2, -0.15) is 0 Å². The lowest BCUT2D eigenvalue weighted by Crippen LogP contribution is -1.99. The van der Waals surface area contributed by atoms with Crippen LogP contribution < -0.4 is 0 Å². The van der Waals surface area contributed by atoms with Crippen LogP contribution in [0.3, 0.4) is 0 Å². The summed E-state index contributed by atoms with van der Waals surface area (Å²) in [5, 5.41) is 1.16. The first-order valence-corrected chi connectivity index (χ1v) is 5.38. The van der Waals surface area contributed by atoms with Crippen LogP contribution in [0.2, 0.25) is 0 Å². The standard InChI is InChI=1S/C9H19Br/c1-4-8(2)5-6-9(3)7-10/h8-9H,4-7H2,1-3H3. The molecule has 0 nitrogen and oxygen atoms in total. The first-order chi connectivity index (χ1) is 4.70. The predicted molar refractivity (Wildman–Crippen MR) is 51.6 cm³/mol. The highest BCUT2D eigenvalue weighted by molar-refractivity contribution is 9.09. The molecule has 0 aliphatic carbocycles. The van der Waals surface area contributed by atoms with Crippen LogP contribution in [0.1, 0.15) is 40.0 Å². The van der Waals surface area contributed by atoms with Gasteiger partial charge >= 0.3 is 0 Å². The van der Waals surface area contributed by atoms with Gasteiger partial charge in [0.2, 0.25) is 0 Å². The molecular formula is C9H19Br. The van der Waals surface area contributed by atoms with E-state index in [-0.39, 0.29) is 0 Å². The van der Waals surface area contributed by atoms with Crippen LogP contribution in [0.5, 0.6) is 0 Å². The predicted octanol–water partition coefficient (Wildman–Crippen LogP) is 3.84. The summed E-state index contributed by atoms with van der Waals surface area (Å²) in [5.41, 5.74) is 0. The molecule has 10 heavy (non-hydrogen) atoms. The molecule has 0 aliphatic heterocycles. The molecule has 0 aromatic carbocycles. The van der Waals surface area contributed by atoms with Crippen molar-refractivity contribution in [3.05, 3.63) is 0 Å². The zero-order chi connectivity index (χ0) is 7.98. The molecule has 0 aliphatic rings. The van der Waals surface area contributed by atoms with Crippen LogP contribution in [0.15, 0.2) is 0 Å². The van der Waals surface area contributed by atoms with E-state index in [1.54, 1.807) is 0 Å². The molecule has 0 fully saturated rings. The Morgan fingerprint density at radius 3 is 2.00 bits per heavy atom. The molecule has 2 atom stereocenters. The molecule has 0 rings (SSSR count). The van der Waals surface area contributed by atoms with Crippen molar-refractivity contribution in [3.63, 3.8) is 0 Å². The maximum Gasteiger partial charge on any atom is 0.00570 e. The molecule has 0 aromatic heterocycles. The maximum absolute atomic E-state index is 3.49. The van der Waals surface area contributed by atoms with Gasteiger partial charge in [-0.25, -0.2) is 0 Å². The van der Waals surface area contributed by atoms with E-state index >= 15 is 0 Å². The lowest BCUT2D eigenvalue weighted by molar-refractivity contribution is 0.445. The number of rotatable bonds is 5. The van der Waals surface area contributed by atoms with Gasteiger partial charge in [0.1, 0.15) is 0 Å². The third kappa shape index (κ3) is 5.28. The highest BCUT2D eigenvalue weighted by Gasteiger charge is 2.02. The molecule has 0 spiro atoms. The molecule has 0 bridgehead atoms. The highest BCUT2D eigenvalue weighted by atomic mass is 79.9. The number of halogens is 1. The summed E-state index contributed by atoms with van der Waals surface area (Å²) in [6.07, 6.45) is 4.10. The molecule has 0 amide bonds. The monoisotopic (exact) mass is 206 g/mol. The van der Waals surface area contributed by atoms with E-state index in [2.05, 4.69) is 36.7 Å². The van der Waals surface area contributed by atoms with E-state index in [1.807, 2.05) is 0 Å². The molecule has 0 aromatic rings. The van der Waals surface area contributed by atoms with Crippen LogP contribution >= 0.6 is 15.9 Å². The summed E-state index contributed by atoms with van der Waals surface area (Å²) in [6, 6.07) is 0. The molecule has 2 unspecified atom stereocenters. The normalized spacial score (nSPS) is 16.8. The summed E-state index contributed by atoms with van der Waals surface area (Å²) in [5.74, 6) is 1.77. The summed E-state index contributed by atoms with van der Waals surface area (Å²) < 4.78 is 0. The summed E-state index contributed by atoms with van der Waals surface area (Å²) in [7, 11) is 0. The van der Waals surface area contributed by atoms with E-state index in [4.69, 9.17) is 0 Å². The van der Waals surface area contributed by atoms with Crippen LogP contribution in [0.4, 0.5) is 0 Å². The summed E-state index contributed by atoms with van der Waals surface area (Å²) >= 11 is 3.49. The fourth-order valence-electron chi connectivity index (χ4n) is 0.850. The van der Waals surface area contributed by atoms with Crippen LogP contribution in [0.25, 0.3) is 0 Å². The van der Waals surface area contributed by atoms with Crippen molar-refractivity contribution in [2.24, 2.45) is 11.8 Å². The van der Waals surface area contributed by atoms with Gasteiger partial charge in [0.25, 0.3) is 0 Å². The molecule has 0 saturated carbocycles. The first kappa shape index (κ1) is 10.5. The fraction of sp³-hybridized carbons (Fsp3) is 1.00. The lowest BCUT2D eigenvalue weighted by atomic mass is 9.98. The van der Waals surface area contributed by atoms with Gasteiger partial charge in [-0.3, -0.25) is 0 Å². The van der Waals surface area contributed by atoms with Gasteiger partial charge in [0, 0.05) is 5.33 Å². The quantitative estimate of drug-likeness (QED) is 0.601. The summed E-state index contributed by atoms with van der Waals surface area (Å²) in [4.78, 5) is 0. The minimum Gasteiger partial charge on any atom is -0.0925 e. The lowest BCUT2D eigenvalue weighted by Gasteiger charge is -2.10. The minimum atomic E-state index is 0.856. The van der Waals surface area contributed by atoms with Crippen molar-refractivity contribution in [3.8, 4) is 0 Å². The largest absolute Gasteiger partial charge is 0.0925 e. The Labute approximate surface area is 73.5 Å². The van der Waals surface area contributed by atoms with E-state index in [1.165, 1.54) is 19.3 Å². The topological polar surface area (TPSA) is 0 Å². The van der Waals surface area contributed by atoms with Crippen molar-refractivity contribution < 1.29 is 0 Å². The average molecular weight is 207 g/mol. The van der Waals surface area contributed by atoms with Gasteiger partial charge < -0.3 is 0 Å². The molecular weight excluding hydrogens is 188 g/mol. The SMILES string of the molecule is CCC(C)CCC(C)CBr. The van der Waals surface area contributed by atoms with Crippen molar-refractivity contribution in [2.45, 2.75) is 40.0 Å². The van der Waals surface area contributed by atoms with Crippen LogP contribution in [-0.4, -0.2) is 5.33 Å². The summed E-state index contributed by atoms with van der Waals surface area (Å²) in [6.45, 7) is 6.90. The Kier molecular flexibility index (Phi) is 6.50. The van der Waals surface area contributed by atoms with E-state index in [0.29, 0.717) is 0 Å². The van der Waals surface area contributed by atoms with Crippen molar-refractivity contribution in [1.29, 1.82) is 0 Å². The Morgan fingerprint density at radius 1 is 1.10 bits per heavy atom. The van der Waals surface area contributed by atoms with E-state index in [9.17, 15) is 0 Å².